The third kappa shape index (κ3) is 4.76. The van der Waals surface area contributed by atoms with Crippen LogP contribution in [0.4, 0.5) is 5.13 Å². The Labute approximate surface area is 123 Å². The highest BCUT2D eigenvalue weighted by molar-refractivity contribution is 7.13. The minimum absolute atomic E-state index is 0.159. The van der Waals surface area contributed by atoms with Crippen molar-refractivity contribution in [3.05, 3.63) is 11.1 Å². The van der Waals surface area contributed by atoms with Gasteiger partial charge >= 0.3 is 5.97 Å². The summed E-state index contributed by atoms with van der Waals surface area (Å²) in [6.07, 6.45) is 3.37. The zero-order chi connectivity index (χ0) is 14.4. The number of carbonyl (C=O) groups excluding carboxylic acids is 1. The Morgan fingerprint density at radius 2 is 2.50 bits per heavy atom. The fourth-order valence-corrected chi connectivity index (χ4v) is 3.08. The number of esters is 1. The number of thiazole rings is 1. The molecule has 0 bridgehead atoms. The maximum absolute atomic E-state index is 11.3. The lowest BCUT2D eigenvalue weighted by Gasteiger charge is -2.27. The molecule has 1 aromatic rings. The number of anilines is 1. The smallest absolute Gasteiger partial charge is 0.306 e. The van der Waals surface area contributed by atoms with Crippen LogP contribution in [0.25, 0.3) is 0 Å². The first-order chi connectivity index (χ1) is 9.67. The molecule has 1 aliphatic rings. The van der Waals surface area contributed by atoms with Gasteiger partial charge in [-0.1, -0.05) is 0 Å². The molecule has 2 unspecified atom stereocenters. The normalized spacial score (nSPS) is 22.5. The lowest BCUT2D eigenvalue weighted by Crippen LogP contribution is -2.32. The number of nitrogens with one attached hydrogen (secondary N) is 1. The van der Waals surface area contributed by atoms with Crippen LogP contribution < -0.4 is 5.32 Å². The summed E-state index contributed by atoms with van der Waals surface area (Å²) in [5.74, 6) is -0.159. The summed E-state index contributed by atoms with van der Waals surface area (Å²) in [4.78, 5) is 15.8. The second kappa shape index (κ2) is 7.59. The van der Waals surface area contributed by atoms with Gasteiger partial charge in [-0.05, 0) is 26.7 Å². The molecule has 20 heavy (non-hydrogen) atoms. The summed E-state index contributed by atoms with van der Waals surface area (Å²) in [6.45, 7) is 5.16. The van der Waals surface area contributed by atoms with Crippen LogP contribution in [0.15, 0.2) is 5.38 Å². The number of hydrogen-bond acceptors (Lipinski definition) is 6. The summed E-state index contributed by atoms with van der Waals surface area (Å²) >= 11 is 1.59. The monoisotopic (exact) mass is 298 g/mol. The number of carbonyl (C=O) groups is 1. The molecule has 1 N–H and O–H groups in total. The van der Waals surface area contributed by atoms with E-state index in [0.717, 1.165) is 30.3 Å². The van der Waals surface area contributed by atoms with Crippen LogP contribution >= 0.6 is 11.3 Å². The lowest BCUT2D eigenvalue weighted by atomic mass is 10.1. The van der Waals surface area contributed by atoms with Crippen LogP contribution in [-0.2, 0) is 20.7 Å². The summed E-state index contributed by atoms with van der Waals surface area (Å²) in [6, 6.07) is 0.433. The molecule has 6 heteroatoms. The van der Waals surface area contributed by atoms with E-state index in [0.29, 0.717) is 31.6 Å². The van der Waals surface area contributed by atoms with Gasteiger partial charge in [0.15, 0.2) is 5.13 Å². The number of rotatable bonds is 6. The predicted molar refractivity (Wildman–Crippen MR) is 79.1 cm³/mol. The van der Waals surface area contributed by atoms with E-state index in [9.17, 15) is 4.79 Å². The molecule has 0 radical (unpaired) electrons. The Morgan fingerprint density at radius 3 is 3.25 bits per heavy atom. The van der Waals surface area contributed by atoms with Gasteiger partial charge in [-0.25, -0.2) is 4.98 Å². The number of nitrogens with zero attached hydrogens (tertiary/aromatic N) is 1. The average Bonchev–Trinajstić information content (AvgIpc) is 2.84. The number of aryl methyl sites for hydroxylation is 1. The molecule has 0 aliphatic carbocycles. The minimum Gasteiger partial charge on any atom is -0.466 e. The van der Waals surface area contributed by atoms with Crippen molar-refractivity contribution in [1.82, 2.24) is 4.98 Å². The van der Waals surface area contributed by atoms with Gasteiger partial charge in [-0.2, -0.15) is 0 Å². The van der Waals surface area contributed by atoms with Crippen molar-refractivity contribution < 1.29 is 14.3 Å². The van der Waals surface area contributed by atoms with Crippen molar-refractivity contribution in [2.75, 3.05) is 18.5 Å². The highest BCUT2D eigenvalue weighted by Crippen LogP contribution is 2.22. The highest BCUT2D eigenvalue weighted by atomic mass is 32.1. The van der Waals surface area contributed by atoms with Crippen molar-refractivity contribution in [2.45, 2.75) is 51.7 Å². The molecule has 112 valence electrons. The molecule has 0 aromatic carbocycles. The van der Waals surface area contributed by atoms with Crippen LogP contribution in [0, 0.1) is 0 Å². The first-order valence-corrected chi connectivity index (χ1v) is 8.03. The van der Waals surface area contributed by atoms with E-state index in [1.165, 1.54) is 0 Å². The zero-order valence-corrected chi connectivity index (χ0v) is 12.9. The van der Waals surface area contributed by atoms with Crippen molar-refractivity contribution in [2.24, 2.45) is 0 Å². The fraction of sp³-hybridized carbons (Fsp3) is 0.714. The van der Waals surface area contributed by atoms with E-state index in [1.807, 2.05) is 12.3 Å². The van der Waals surface area contributed by atoms with E-state index < -0.39 is 0 Å². The van der Waals surface area contributed by atoms with Crippen LogP contribution in [0.2, 0.25) is 0 Å². The lowest BCUT2D eigenvalue weighted by molar-refractivity contribution is -0.143. The number of hydrogen-bond donors (Lipinski definition) is 1. The van der Waals surface area contributed by atoms with Gasteiger partial charge in [0.05, 0.1) is 24.8 Å². The van der Waals surface area contributed by atoms with Gasteiger partial charge in [-0.15, -0.1) is 11.3 Å². The molecule has 0 amide bonds. The Balaban J connectivity index is 1.78. The van der Waals surface area contributed by atoms with Crippen molar-refractivity contribution >= 4 is 22.4 Å². The molecular weight excluding hydrogens is 276 g/mol. The maximum atomic E-state index is 11.3. The minimum atomic E-state index is -0.159. The van der Waals surface area contributed by atoms with Crippen molar-refractivity contribution in [3.8, 4) is 0 Å². The first kappa shape index (κ1) is 15.3. The average molecular weight is 298 g/mol. The topological polar surface area (TPSA) is 60.5 Å². The molecule has 1 fully saturated rings. The summed E-state index contributed by atoms with van der Waals surface area (Å²) in [5.41, 5.74) is 0.950. The van der Waals surface area contributed by atoms with E-state index in [-0.39, 0.29) is 5.97 Å². The molecule has 1 saturated heterocycles. The van der Waals surface area contributed by atoms with E-state index in [4.69, 9.17) is 9.47 Å². The second-order valence-electron chi connectivity index (χ2n) is 5.00. The Morgan fingerprint density at radius 1 is 1.65 bits per heavy atom. The SMILES string of the molecule is CCOC(=O)CCc1csc(NC2CCOC(C)C2)n1. The van der Waals surface area contributed by atoms with Crippen molar-refractivity contribution in [1.29, 1.82) is 0 Å². The highest BCUT2D eigenvalue weighted by Gasteiger charge is 2.20. The van der Waals surface area contributed by atoms with Gasteiger partial charge in [0.25, 0.3) is 0 Å². The van der Waals surface area contributed by atoms with Crippen LogP contribution in [-0.4, -0.2) is 36.3 Å². The third-order valence-corrected chi connectivity index (χ3v) is 4.08. The van der Waals surface area contributed by atoms with Gasteiger partial charge in [0, 0.05) is 24.4 Å². The summed E-state index contributed by atoms with van der Waals surface area (Å²) < 4.78 is 10.4. The molecule has 1 aromatic heterocycles. The third-order valence-electron chi connectivity index (χ3n) is 3.26. The van der Waals surface area contributed by atoms with E-state index in [2.05, 4.69) is 17.2 Å². The quantitative estimate of drug-likeness (QED) is 0.818. The second-order valence-corrected chi connectivity index (χ2v) is 5.85. The van der Waals surface area contributed by atoms with Crippen LogP contribution in [0.5, 0.6) is 0 Å². The molecule has 1 aliphatic heterocycles. The molecule has 2 rings (SSSR count). The molecular formula is C14H22N2O3S. The van der Waals surface area contributed by atoms with Crippen LogP contribution in [0.3, 0.4) is 0 Å². The molecule has 0 saturated carbocycles. The molecule has 0 spiro atoms. The molecule has 2 atom stereocenters. The standard InChI is InChI=1S/C14H22N2O3S/c1-3-18-13(17)5-4-12-9-20-14(16-12)15-11-6-7-19-10(2)8-11/h9-11H,3-8H2,1-2H3,(H,15,16). The van der Waals surface area contributed by atoms with E-state index >= 15 is 0 Å². The Bertz CT molecular complexity index is 436. The zero-order valence-electron chi connectivity index (χ0n) is 12.1. The number of ether oxygens (including phenoxy) is 2. The maximum Gasteiger partial charge on any atom is 0.306 e. The Hall–Kier alpha value is -1.14. The summed E-state index contributed by atoms with van der Waals surface area (Å²) in [7, 11) is 0. The Kier molecular flexibility index (Phi) is 5.79. The molecule has 5 nitrogen and oxygen atoms in total. The predicted octanol–water partition coefficient (Wildman–Crippen LogP) is 2.62. The first-order valence-electron chi connectivity index (χ1n) is 7.15. The molecule has 2 heterocycles. The van der Waals surface area contributed by atoms with Crippen molar-refractivity contribution in [3.63, 3.8) is 0 Å². The number of aromatic nitrogens is 1. The largest absolute Gasteiger partial charge is 0.466 e. The van der Waals surface area contributed by atoms with Gasteiger partial charge in [-0.3, -0.25) is 4.79 Å². The van der Waals surface area contributed by atoms with Gasteiger partial charge in [0.1, 0.15) is 0 Å². The van der Waals surface area contributed by atoms with Gasteiger partial charge in [0.2, 0.25) is 0 Å². The van der Waals surface area contributed by atoms with Crippen LogP contribution in [0.1, 0.15) is 38.8 Å². The summed E-state index contributed by atoms with van der Waals surface area (Å²) in [5, 5.41) is 6.39. The fourth-order valence-electron chi connectivity index (χ4n) is 2.26. The van der Waals surface area contributed by atoms with Gasteiger partial charge < -0.3 is 14.8 Å². The van der Waals surface area contributed by atoms with E-state index in [1.54, 1.807) is 11.3 Å².